The van der Waals surface area contributed by atoms with Crippen molar-refractivity contribution in [2.24, 2.45) is 5.92 Å². The van der Waals surface area contributed by atoms with Gasteiger partial charge in [-0.15, -0.1) is 0 Å². The molecule has 1 rings (SSSR count). The fourth-order valence-corrected chi connectivity index (χ4v) is 2.58. The minimum absolute atomic E-state index is 0.806. The Morgan fingerprint density at radius 2 is 1.92 bits per heavy atom. The van der Waals surface area contributed by atoms with E-state index in [-0.39, 0.29) is 0 Å². The van der Waals surface area contributed by atoms with Gasteiger partial charge in [-0.1, -0.05) is 39.0 Å². The summed E-state index contributed by atoms with van der Waals surface area (Å²) in [5, 5.41) is 3.51. The Labute approximate surface area is 83.3 Å². The van der Waals surface area contributed by atoms with Crippen LogP contribution in [0.4, 0.5) is 0 Å². The summed E-state index contributed by atoms with van der Waals surface area (Å²) in [5.41, 5.74) is 0. The van der Waals surface area contributed by atoms with Gasteiger partial charge in [-0.05, 0) is 32.2 Å². The predicted octanol–water partition coefficient (Wildman–Crippen LogP) is 3.34. The van der Waals surface area contributed by atoms with Crippen molar-refractivity contribution in [3.63, 3.8) is 0 Å². The van der Waals surface area contributed by atoms with Gasteiger partial charge in [0.25, 0.3) is 0 Å². The molecular formula is C12H25N. The summed E-state index contributed by atoms with van der Waals surface area (Å²) in [6, 6.07) is 0.806. The summed E-state index contributed by atoms with van der Waals surface area (Å²) in [6.07, 6.45) is 11.5. The smallest absolute Gasteiger partial charge is 0.00923 e. The number of unbranched alkanes of at least 4 members (excludes halogenated alkanes) is 1. The van der Waals surface area contributed by atoms with Gasteiger partial charge in [-0.2, -0.15) is 0 Å². The van der Waals surface area contributed by atoms with Crippen molar-refractivity contribution in [3.05, 3.63) is 0 Å². The minimum atomic E-state index is 0.806. The molecule has 1 atom stereocenters. The van der Waals surface area contributed by atoms with Gasteiger partial charge in [0.05, 0.1) is 0 Å². The molecule has 0 aliphatic heterocycles. The van der Waals surface area contributed by atoms with Crippen molar-refractivity contribution in [2.45, 2.75) is 64.3 Å². The first-order chi connectivity index (χ1) is 6.38. The van der Waals surface area contributed by atoms with Crippen molar-refractivity contribution < 1.29 is 0 Å². The lowest BCUT2D eigenvalue weighted by molar-refractivity contribution is 0.264. The van der Waals surface area contributed by atoms with Crippen LogP contribution in [0.3, 0.4) is 0 Å². The Bertz CT molecular complexity index is 116. The Morgan fingerprint density at radius 3 is 2.46 bits per heavy atom. The summed E-state index contributed by atoms with van der Waals surface area (Å²) in [4.78, 5) is 0. The van der Waals surface area contributed by atoms with E-state index in [2.05, 4.69) is 19.3 Å². The molecule has 0 radical (unpaired) electrons. The van der Waals surface area contributed by atoms with Crippen LogP contribution in [-0.4, -0.2) is 13.1 Å². The highest BCUT2D eigenvalue weighted by Gasteiger charge is 2.21. The lowest BCUT2D eigenvalue weighted by atomic mass is 9.82. The van der Waals surface area contributed by atoms with Crippen LogP contribution < -0.4 is 5.32 Å². The Morgan fingerprint density at radius 1 is 1.23 bits per heavy atom. The molecule has 1 aliphatic rings. The Balaban J connectivity index is 2.26. The fraction of sp³-hybridized carbons (Fsp3) is 1.00. The first kappa shape index (κ1) is 11.0. The maximum atomic E-state index is 3.51. The van der Waals surface area contributed by atoms with E-state index in [0.29, 0.717) is 0 Å². The molecule has 0 saturated heterocycles. The van der Waals surface area contributed by atoms with Crippen LogP contribution >= 0.6 is 0 Å². The third-order valence-corrected chi connectivity index (χ3v) is 3.46. The molecule has 1 N–H and O–H groups in total. The molecule has 0 aromatic heterocycles. The van der Waals surface area contributed by atoms with Gasteiger partial charge in [0.15, 0.2) is 0 Å². The Kier molecular flexibility index (Phi) is 5.45. The van der Waals surface area contributed by atoms with Crippen LogP contribution in [0.25, 0.3) is 0 Å². The van der Waals surface area contributed by atoms with E-state index in [1.807, 2.05) is 0 Å². The SMILES string of the molecule is CCCCC(NC)C1CCCCC1. The van der Waals surface area contributed by atoms with Crippen LogP contribution in [0, 0.1) is 5.92 Å². The van der Waals surface area contributed by atoms with Crippen molar-refractivity contribution in [1.29, 1.82) is 0 Å². The molecule has 13 heavy (non-hydrogen) atoms. The van der Waals surface area contributed by atoms with Crippen LogP contribution in [0.1, 0.15) is 58.3 Å². The van der Waals surface area contributed by atoms with Crippen LogP contribution in [-0.2, 0) is 0 Å². The topological polar surface area (TPSA) is 12.0 Å². The molecule has 1 saturated carbocycles. The molecule has 78 valence electrons. The van der Waals surface area contributed by atoms with Gasteiger partial charge in [0.1, 0.15) is 0 Å². The normalized spacial score (nSPS) is 21.7. The summed E-state index contributed by atoms with van der Waals surface area (Å²) in [5.74, 6) is 0.977. The molecule has 0 aromatic carbocycles. The number of hydrogen-bond acceptors (Lipinski definition) is 1. The maximum absolute atomic E-state index is 3.51. The van der Waals surface area contributed by atoms with E-state index >= 15 is 0 Å². The molecule has 1 heteroatoms. The van der Waals surface area contributed by atoms with Crippen molar-refractivity contribution in [2.75, 3.05) is 7.05 Å². The molecular weight excluding hydrogens is 158 g/mol. The number of hydrogen-bond donors (Lipinski definition) is 1. The quantitative estimate of drug-likeness (QED) is 0.689. The molecule has 0 spiro atoms. The van der Waals surface area contributed by atoms with E-state index in [1.54, 1.807) is 0 Å². The standard InChI is InChI=1S/C12H25N/c1-3-4-10-12(13-2)11-8-6-5-7-9-11/h11-13H,3-10H2,1-2H3. The van der Waals surface area contributed by atoms with E-state index in [1.165, 1.54) is 51.4 Å². The first-order valence-corrected chi connectivity index (χ1v) is 6.05. The van der Waals surface area contributed by atoms with E-state index < -0.39 is 0 Å². The van der Waals surface area contributed by atoms with Crippen molar-refractivity contribution in [3.8, 4) is 0 Å². The maximum Gasteiger partial charge on any atom is 0.00923 e. The molecule has 0 bridgehead atoms. The van der Waals surface area contributed by atoms with Crippen molar-refractivity contribution >= 4 is 0 Å². The molecule has 1 unspecified atom stereocenters. The highest BCUT2D eigenvalue weighted by molar-refractivity contribution is 4.77. The van der Waals surface area contributed by atoms with Gasteiger partial charge >= 0.3 is 0 Å². The van der Waals surface area contributed by atoms with Gasteiger partial charge in [-0.3, -0.25) is 0 Å². The zero-order valence-electron chi connectivity index (χ0n) is 9.31. The third kappa shape index (κ3) is 3.68. The third-order valence-electron chi connectivity index (χ3n) is 3.46. The lowest BCUT2D eigenvalue weighted by Gasteiger charge is -2.30. The van der Waals surface area contributed by atoms with Gasteiger partial charge < -0.3 is 5.32 Å². The summed E-state index contributed by atoms with van der Waals surface area (Å²) < 4.78 is 0. The second kappa shape index (κ2) is 6.42. The average molecular weight is 183 g/mol. The Hall–Kier alpha value is -0.0400. The average Bonchev–Trinajstić information content (AvgIpc) is 2.21. The highest BCUT2D eigenvalue weighted by atomic mass is 14.9. The predicted molar refractivity (Wildman–Crippen MR) is 58.9 cm³/mol. The minimum Gasteiger partial charge on any atom is -0.317 e. The van der Waals surface area contributed by atoms with E-state index in [4.69, 9.17) is 0 Å². The monoisotopic (exact) mass is 183 g/mol. The highest BCUT2D eigenvalue weighted by Crippen LogP contribution is 2.28. The van der Waals surface area contributed by atoms with E-state index in [0.717, 1.165) is 12.0 Å². The number of rotatable bonds is 5. The second-order valence-electron chi connectivity index (χ2n) is 4.44. The molecule has 1 aliphatic carbocycles. The van der Waals surface area contributed by atoms with Gasteiger partial charge in [-0.25, -0.2) is 0 Å². The summed E-state index contributed by atoms with van der Waals surface area (Å²) >= 11 is 0. The van der Waals surface area contributed by atoms with Crippen molar-refractivity contribution in [1.82, 2.24) is 5.32 Å². The molecule has 0 amide bonds. The number of nitrogens with one attached hydrogen (secondary N) is 1. The largest absolute Gasteiger partial charge is 0.317 e. The second-order valence-corrected chi connectivity index (χ2v) is 4.44. The fourth-order valence-electron chi connectivity index (χ4n) is 2.58. The zero-order chi connectivity index (χ0) is 9.52. The summed E-state index contributed by atoms with van der Waals surface area (Å²) in [7, 11) is 2.13. The first-order valence-electron chi connectivity index (χ1n) is 6.05. The van der Waals surface area contributed by atoms with Crippen LogP contribution in [0.5, 0.6) is 0 Å². The lowest BCUT2D eigenvalue weighted by Crippen LogP contribution is -2.34. The molecule has 0 heterocycles. The zero-order valence-corrected chi connectivity index (χ0v) is 9.31. The molecule has 1 nitrogen and oxygen atoms in total. The summed E-state index contributed by atoms with van der Waals surface area (Å²) in [6.45, 7) is 2.29. The van der Waals surface area contributed by atoms with E-state index in [9.17, 15) is 0 Å². The van der Waals surface area contributed by atoms with Crippen LogP contribution in [0.15, 0.2) is 0 Å². The molecule has 0 aromatic rings. The van der Waals surface area contributed by atoms with Gasteiger partial charge in [0.2, 0.25) is 0 Å². The van der Waals surface area contributed by atoms with Crippen LogP contribution in [0.2, 0.25) is 0 Å². The molecule has 1 fully saturated rings. The van der Waals surface area contributed by atoms with Gasteiger partial charge in [0, 0.05) is 6.04 Å².